The number of aliphatic carboxylic acids is 1. The number of benzene rings is 1. The van der Waals surface area contributed by atoms with E-state index in [1.165, 1.54) is 22.5 Å². The summed E-state index contributed by atoms with van der Waals surface area (Å²) in [6, 6.07) is 6.11. The fourth-order valence-corrected chi connectivity index (χ4v) is 4.77. The van der Waals surface area contributed by atoms with E-state index in [9.17, 15) is 23.1 Å². The summed E-state index contributed by atoms with van der Waals surface area (Å²) < 4.78 is 27.0. The second-order valence-corrected chi connectivity index (χ2v) is 8.91. The number of rotatable bonds is 5. The number of nitrogens with zero attached hydrogens (tertiary/aromatic N) is 1. The number of carbonyl (C=O) groups excluding carboxylic acids is 1. The van der Waals surface area contributed by atoms with Crippen LogP contribution in [0.3, 0.4) is 0 Å². The van der Waals surface area contributed by atoms with Crippen molar-refractivity contribution in [2.45, 2.75) is 37.1 Å². The highest BCUT2D eigenvalue weighted by atomic mass is 32.2. The summed E-state index contributed by atoms with van der Waals surface area (Å²) in [5, 5.41) is 12.1. The fourth-order valence-electron chi connectivity index (χ4n) is 3.12. The topological polar surface area (TPSA) is 104 Å². The Balaban J connectivity index is 1.83. The van der Waals surface area contributed by atoms with Gasteiger partial charge in [0.25, 0.3) is 5.91 Å². The minimum atomic E-state index is -3.84. The normalized spacial score (nSPS) is 24.7. The molecular weight excluding hydrogens is 344 g/mol. The van der Waals surface area contributed by atoms with Crippen molar-refractivity contribution in [3.05, 3.63) is 29.8 Å². The number of hydrogen-bond donors (Lipinski definition) is 2. The highest BCUT2D eigenvalue weighted by Crippen LogP contribution is 2.27. The van der Waals surface area contributed by atoms with Gasteiger partial charge in [-0.1, -0.05) is 13.0 Å². The molecule has 2 unspecified atom stereocenters. The first-order chi connectivity index (χ1) is 11.8. The maximum absolute atomic E-state index is 12.9. The van der Waals surface area contributed by atoms with Gasteiger partial charge in [0.05, 0.1) is 10.8 Å². The predicted molar refractivity (Wildman–Crippen MR) is 90.6 cm³/mol. The molecule has 1 aliphatic carbocycles. The summed E-state index contributed by atoms with van der Waals surface area (Å²) >= 11 is 0. The van der Waals surface area contributed by atoms with Crippen LogP contribution < -0.4 is 5.32 Å². The van der Waals surface area contributed by atoms with Crippen molar-refractivity contribution in [1.82, 2.24) is 9.62 Å². The van der Waals surface area contributed by atoms with Crippen LogP contribution in [0.5, 0.6) is 0 Å². The van der Waals surface area contributed by atoms with Crippen molar-refractivity contribution < 1.29 is 23.1 Å². The third-order valence-corrected chi connectivity index (χ3v) is 6.45. The Morgan fingerprint density at radius 3 is 2.60 bits per heavy atom. The number of carboxylic acid groups (broad SMARTS) is 1. The molecule has 0 aromatic heterocycles. The molecule has 25 heavy (non-hydrogen) atoms. The summed E-state index contributed by atoms with van der Waals surface area (Å²) in [4.78, 5) is 23.5. The van der Waals surface area contributed by atoms with Crippen LogP contribution in [0, 0.1) is 11.8 Å². The molecule has 1 heterocycles. The monoisotopic (exact) mass is 366 g/mol. The summed E-state index contributed by atoms with van der Waals surface area (Å²) in [7, 11) is -3.84. The van der Waals surface area contributed by atoms with E-state index in [0.29, 0.717) is 12.0 Å². The Labute approximate surface area is 147 Å². The van der Waals surface area contributed by atoms with Crippen molar-refractivity contribution >= 4 is 21.9 Å². The zero-order valence-electron chi connectivity index (χ0n) is 14.0. The van der Waals surface area contributed by atoms with Gasteiger partial charge in [-0.2, -0.15) is 4.31 Å². The molecule has 1 aromatic rings. The molecular formula is C17H22N2O5S. The molecule has 2 aliphatic rings. The smallest absolute Gasteiger partial charge is 0.307 e. The molecule has 2 fully saturated rings. The maximum Gasteiger partial charge on any atom is 0.307 e. The van der Waals surface area contributed by atoms with Gasteiger partial charge in [0.1, 0.15) is 0 Å². The molecule has 1 aromatic carbocycles. The lowest BCUT2D eigenvalue weighted by atomic mass is 9.92. The first kappa shape index (κ1) is 17.9. The SMILES string of the molecule is CC1CC(C(=O)O)CN(S(=O)(=O)c2cccc(C(=O)NC3CC3)c2)C1. The molecule has 2 N–H and O–H groups in total. The second kappa shape index (κ2) is 6.76. The molecule has 0 radical (unpaired) electrons. The summed E-state index contributed by atoms with van der Waals surface area (Å²) in [6.45, 7) is 2.09. The van der Waals surface area contributed by atoms with E-state index >= 15 is 0 Å². The van der Waals surface area contributed by atoms with Crippen molar-refractivity contribution in [3.8, 4) is 0 Å². The van der Waals surface area contributed by atoms with Crippen molar-refractivity contribution in [1.29, 1.82) is 0 Å². The molecule has 1 amide bonds. The Hall–Kier alpha value is -1.93. The highest BCUT2D eigenvalue weighted by Gasteiger charge is 2.36. The number of nitrogens with one attached hydrogen (secondary N) is 1. The molecule has 7 nitrogen and oxygen atoms in total. The highest BCUT2D eigenvalue weighted by molar-refractivity contribution is 7.89. The van der Waals surface area contributed by atoms with Gasteiger partial charge in [0, 0.05) is 24.7 Å². The van der Waals surface area contributed by atoms with Gasteiger partial charge >= 0.3 is 5.97 Å². The standard InChI is InChI=1S/C17H22N2O5S/c1-11-7-13(17(21)22)10-19(9-11)25(23,24)15-4-2-3-12(8-15)16(20)18-14-5-6-14/h2-4,8,11,13-14H,5-7,9-10H2,1H3,(H,18,20)(H,21,22). The number of hydrogen-bond acceptors (Lipinski definition) is 4. The Bertz CT molecular complexity index is 788. The van der Waals surface area contributed by atoms with Gasteiger partial charge < -0.3 is 10.4 Å². The number of sulfonamides is 1. The number of amides is 1. The number of carboxylic acids is 1. The quantitative estimate of drug-likeness (QED) is 0.818. The van der Waals surface area contributed by atoms with Crippen molar-refractivity contribution in [3.63, 3.8) is 0 Å². The summed E-state index contributed by atoms with van der Waals surface area (Å²) in [6.07, 6.45) is 2.36. The van der Waals surface area contributed by atoms with Crippen LogP contribution in [0.4, 0.5) is 0 Å². The second-order valence-electron chi connectivity index (χ2n) is 6.97. The lowest BCUT2D eigenvalue weighted by Crippen LogP contribution is -2.45. The Kier molecular flexibility index (Phi) is 4.83. The van der Waals surface area contributed by atoms with E-state index in [4.69, 9.17) is 0 Å². The predicted octanol–water partition coefficient (Wildman–Crippen LogP) is 1.31. The number of carbonyl (C=O) groups is 2. The van der Waals surface area contributed by atoms with E-state index in [-0.39, 0.29) is 35.9 Å². The average Bonchev–Trinajstić information content (AvgIpc) is 3.38. The van der Waals surface area contributed by atoms with Crippen LogP contribution >= 0.6 is 0 Å². The van der Waals surface area contributed by atoms with E-state index in [0.717, 1.165) is 12.8 Å². The fraction of sp³-hybridized carbons (Fsp3) is 0.529. The average molecular weight is 366 g/mol. The number of piperidine rings is 1. The van der Waals surface area contributed by atoms with Crippen LogP contribution in [0.15, 0.2) is 29.2 Å². The van der Waals surface area contributed by atoms with E-state index in [1.54, 1.807) is 6.07 Å². The zero-order chi connectivity index (χ0) is 18.2. The summed E-state index contributed by atoms with van der Waals surface area (Å²) in [5.41, 5.74) is 0.299. The van der Waals surface area contributed by atoms with Crippen LogP contribution in [0.1, 0.15) is 36.5 Å². The lowest BCUT2D eigenvalue weighted by Gasteiger charge is -2.33. The van der Waals surface area contributed by atoms with Crippen LogP contribution in [-0.4, -0.2) is 48.8 Å². The lowest BCUT2D eigenvalue weighted by molar-refractivity contribution is -0.143. The van der Waals surface area contributed by atoms with Gasteiger partial charge in [-0.05, 0) is 43.4 Å². The Morgan fingerprint density at radius 2 is 1.96 bits per heavy atom. The molecule has 1 saturated carbocycles. The molecule has 1 aliphatic heterocycles. The van der Waals surface area contributed by atoms with E-state index in [1.807, 2.05) is 6.92 Å². The molecule has 136 valence electrons. The largest absolute Gasteiger partial charge is 0.481 e. The Morgan fingerprint density at radius 1 is 1.24 bits per heavy atom. The van der Waals surface area contributed by atoms with E-state index < -0.39 is 21.9 Å². The van der Waals surface area contributed by atoms with Gasteiger partial charge in [-0.3, -0.25) is 9.59 Å². The molecule has 0 spiro atoms. The third-order valence-electron chi connectivity index (χ3n) is 4.62. The third kappa shape index (κ3) is 4.01. The first-order valence-corrected chi connectivity index (χ1v) is 9.85. The minimum absolute atomic E-state index is 0.0224. The molecule has 0 bridgehead atoms. The summed E-state index contributed by atoms with van der Waals surface area (Å²) in [5.74, 6) is -2.01. The van der Waals surface area contributed by atoms with Crippen LogP contribution in [0.25, 0.3) is 0 Å². The van der Waals surface area contributed by atoms with Gasteiger partial charge in [-0.25, -0.2) is 8.42 Å². The van der Waals surface area contributed by atoms with Gasteiger partial charge in [-0.15, -0.1) is 0 Å². The molecule has 3 rings (SSSR count). The van der Waals surface area contributed by atoms with Crippen molar-refractivity contribution in [2.75, 3.05) is 13.1 Å². The molecule has 8 heteroatoms. The van der Waals surface area contributed by atoms with Crippen molar-refractivity contribution in [2.24, 2.45) is 11.8 Å². The zero-order valence-corrected chi connectivity index (χ0v) is 14.8. The molecule has 2 atom stereocenters. The molecule has 1 saturated heterocycles. The van der Waals surface area contributed by atoms with Crippen LogP contribution in [-0.2, 0) is 14.8 Å². The van der Waals surface area contributed by atoms with Crippen LogP contribution in [0.2, 0.25) is 0 Å². The van der Waals surface area contributed by atoms with E-state index in [2.05, 4.69) is 5.32 Å². The maximum atomic E-state index is 12.9. The van der Waals surface area contributed by atoms with Gasteiger partial charge in [0.15, 0.2) is 0 Å². The first-order valence-electron chi connectivity index (χ1n) is 8.41. The minimum Gasteiger partial charge on any atom is -0.481 e. The van der Waals surface area contributed by atoms with Gasteiger partial charge in [0.2, 0.25) is 10.0 Å².